The highest BCUT2D eigenvalue weighted by atomic mass is 15.2. The van der Waals surface area contributed by atoms with Gasteiger partial charge < -0.3 is 9.80 Å². The molecule has 0 bridgehead atoms. The second-order valence-corrected chi connectivity index (χ2v) is 8.10. The Hall–Kier alpha value is -0.120. The van der Waals surface area contributed by atoms with Crippen molar-refractivity contribution in [1.29, 1.82) is 0 Å². The predicted octanol–water partition coefficient (Wildman–Crippen LogP) is 5.21. The molecule has 0 saturated heterocycles. The van der Waals surface area contributed by atoms with E-state index in [4.69, 9.17) is 0 Å². The summed E-state index contributed by atoms with van der Waals surface area (Å²) in [5.41, 5.74) is 0. The zero-order valence-corrected chi connectivity index (χ0v) is 19.6. The quantitative estimate of drug-likeness (QED) is 0.627. The molecule has 0 aliphatic rings. The summed E-state index contributed by atoms with van der Waals surface area (Å²) in [5.74, 6) is 0. The maximum absolute atomic E-state index is 2.50. The Balaban J connectivity index is -0.000000285. The van der Waals surface area contributed by atoms with Gasteiger partial charge in [0.2, 0.25) is 0 Å². The van der Waals surface area contributed by atoms with Crippen molar-refractivity contribution in [3.8, 4) is 0 Å². The second kappa shape index (κ2) is 16.4. The zero-order chi connectivity index (χ0) is 20.0. The molecular weight excluding hydrogens is 294 g/mol. The third kappa shape index (κ3) is 16.7. The van der Waals surface area contributed by atoms with Crippen LogP contribution in [0.4, 0.5) is 0 Å². The first kappa shape index (κ1) is 28.7. The highest BCUT2D eigenvalue weighted by molar-refractivity contribution is 4.70. The van der Waals surface area contributed by atoms with E-state index >= 15 is 0 Å². The molecule has 3 heteroatoms. The molecule has 24 heavy (non-hydrogen) atoms. The van der Waals surface area contributed by atoms with Gasteiger partial charge in [0.1, 0.15) is 0 Å². The summed E-state index contributed by atoms with van der Waals surface area (Å²) in [6.45, 7) is 29.0. The second-order valence-electron chi connectivity index (χ2n) is 8.10. The fourth-order valence-corrected chi connectivity index (χ4v) is 2.74. The van der Waals surface area contributed by atoms with Crippen molar-refractivity contribution in [2.45, 2.75) is 113 Å². The van der Waals surface area contributed by atoms with Gasteiger partial charge in [0.15, 0.2) is 0 Å². The van der Waals surface area contributed by atoms with Gasteiger partial charge in [-0.2, -0.15) is 0 Å². The van der Waals surface area contributed by atoms with E-state index in [0.29, 0.717) is 30.2 Å². The first-order chi connectivity index (χ1) is 10.8. The minimum Gasteiger partial charge on any atom is -0.307 e. The van der Waals surface area contributed by atoms with Crippen LogP contribution in [0.1, 0.15) is 83.1 Å². The fourth-order valence-electron chi connectivity index (χ4n) is 2.74. The molecule has 150 valence electrons. The monoisotopic (exact) mass is 345 g/mol. The molecule has 0 amide bonds. The van der Waals surface area contributed by atoms with Crippen LogP contribution in [0.2, 0.25) is 0 Å². The highest BCUT2D eigenvalue weighted by Crippen LogP contribution is 2.09. The SMILES string of the molecule is CC(C)N(C(C)C)C(C)C.CC(C)N(C)C.CCN(CC)C(C)C. The van der Waals surface area contributed by atoms with E-state index in [-0.39, 0.29) is 0 Å². The van der Waals surface area contributed by atoms with Crippen LogP contribution >= 0.6 is 0 Å². The molecule has 0 spiro atoms. The van der Waals surface area contributed by atoms with Gasteiger partial charge in [0.25, 0.3) is 0 Å². The van der Waals surface area contributed by atoms with E-state index in [1.165, 1.54) is 13.1 Å². The first-order valence-electron chi connectivity index (χ1n) is 10.0. The molecule has 0 saturated carbocycles. The maximum atomic E-state index is 2.50. The predicted molar refractivity (Wildman–Crippen MR) is 114 cm³/mol. The summed E-state index contributed by atoms with van der Waals surface area (Å²) in [7, 11) is 4.15. The Bertz CT molecular complexity index is 216. The summed E-state index contributed by atoms with van der Waals surface area (Å²) in [4.78, 5) is 7.08. The lowest BCUT2D eigenvalue weighted by Crippen LogP contribution is -2.42. The fraction of sp³-hybridized carbons (Fsp3) is 1.00. The minimum atomic E-state index is 0.667. The molecule has 0 radical (unpaired) electrons. The molecule has 0 N–H and O–H groups in total. The lowest BCUT2D eigenvalue weighted by atomic mass is 10.2. The van der Waals surface area contributed by atoms with Crippen LogP contribution in [0.3, 0.4) is 0 Å². The van der Waals surface area contributed by atoms with Crippen molar-refractivity contribution < 1.29 is 0 Å². The van der Waals surface area contributed by atoms with Gasteiger partial charge in [-0.3, -0.25) is 4.90 Å². The van der Waals surface area contributed by atoms with E-state index in [1.54, 1.807) is 0 Å². The Labute approximate surface area is 155 Å². The summed E-state index contributed by atoms with van der Waals surface area (Å²) in [6.07, 6.45) is 0. The van der Waals surface area contributed by atoms with Crippen molar-refractivity contribution in [1.82, 2.24) is 14.7 Å². The maximum Gasteiger partial charge on any atom is 0.00439 e. The third-order valence-electron chi connectivity index (χ3n) is 4.36. The lowest BCUT2D eigenvalue weighted by Gasteiger charge is -2.34. The van der Waals surface area contributed by atoms with Crippen LogP contribution in [-0.2, 0) is 0 Å². The van der Waals surface area contributed by atoms with Crippen LogP contribution in [0.25, 0.3) is 0 Å². The Kier molecular flexibility index (Phi) is 19.5. The topological polar surface area (TPSA) is 9.72 Å². The number of hydrogen-bond acceptors (Lipinski definition) is 3. The standard InChI is InChI=1S/C9H21N.C7H17N.C5H13N/c1-7(2)10(8(3)4)9(5)6;1-5-8(6-2)7(3)4;1-5(2)6(3)4/h7-9H,1-6H3;7H,5-6H2,1-4H3;5H,1-4H3. The number of nitrogens with zero attached hydrogens (tertiary/aromatic N) is 3. The van der Waals surface area contributed by atoms with Gasteiger partial charge in [-0.1, -0.05) is 13.8 Å². The van der Waals surface area contributed by atoms with Crippen LogP contribution in [0.15, 0.2) is 0 Å². The van der Waals surface area contributed by atoms with E-state index in [1.807, 2.05) is 0 Å². The molecular formula is C21H51N3. The third-order valence-corrected chi connectivity index (χ3v) is 4.36. The van der Waals surface area contributed by atoms with E-state index in [0.717, 1.165) is 0 Å². The molecule has 0 heterocycles. The van der Waals surface area contributed by atoms with Crippen molar-refractivity contribution in [2.75, 3.05) is 27.2 Å². The Morgan fingerprint density at radius 3 is 0.750 bits per heavy atom. The molecule has 0 aromatic carbocycles. The van der Waals surface area contributed by atoms with E-state index in [9.17, 15) is 0 Å². The van der Waals surface area contributed by atoms with Crippen LogP contribution in [0.5, 0.6) is 0 Å². The number of rotatable bonds is 7. The van der Waals surface area contributed by atoms with Gasteiger partial charge in [-0.25, -0.2) is 0 Å². The molecule has 0 fully saturated rings. The molecule has 0 aromatic rings. The first-order valence-corrected chi connectivity index (χ1v) is 10.0. The van der Waals surface area contributed by atoms with E-state index in [2.05, 4.69) is 112 Å². The van der Waals surface area contributed by atoms with Crippen molar-refractivity contribution in [3.63, 3.8) is 0 Å². The minimum absolute atomic E-state index is 0.667. The molecule has 0 aliphatic heterocycles. The van der Waals surface area contributed by atoms with Crippen LogP contribution < -0.4 is 0 Å². The van der Waals surface area contributed by atoms with Crippen LogP contribution in [0, 0.1) is 0 Å². The van der Waals surface area contributed by atoms with E-state index < -0.39 is 0 Å². The lowest BCUT2D eigenvalue weighted by molar-refractivity contribution is 0.133. The Morgan fingerprint density at radius 2 is 0.750 bits per heavy atom. The van der Waals surface area contributed by atoms with Crippen LogP contribution in [-0.4, -0.2) is 72.1 Å². The normalized spacial score (nSPS) is 11.8. The summed E-state index contributed by atoms with van der Waals surface area (Å²) in [5, 5.41) is 0. The highest BCUT2D eigenvalue weighted by Gasteiger charge is 2.15. The molecule has 0 aromatic heterocycles. The Morgan fingerprint density at radius 1 is 0.500 bits per heavy atom. The van der Waals surface area contributed by atoms with Crippen molar-refractivity contribution >= 4 is 0 Å². The van der Waals surface area contributed by atoms with Gasteiger partial charge in [-0.15, -0.1) is 0 Å². The summed E-state index contributed by atoms with van der Waals surface area (Å²) >= 11 is 0. The smallest absolute Gasteiger partial charge is 0.00439 e. The summed E-state index contributed by atoms with van der Waals surface area (Å²) in [6, 6.07) is 3.40. The molecule has 0 atom stereocenters. The molecule has 0 aliphatic carbocycles. The average Bonchev–Trinajstić information content (AvgIpc) is 2.39. The van der Waals surface area contributed by atoms with Crippen molar-refractivity contribution in [2.24, 2.45) is 0 Å². The van der Waals surface area contributed by atoms with Gasteiger partial charge in [0.05, 0.1) is 0 Å². The number of hydrogen-bond donors (Lipinski definition) is 0. The average molecular weight is 346 g/mol. The largest absolute Gasteiger partial charge is 0.307 e. The molecule has 0 rings (SSSR count). The van der Waals surface area contributed by atoms with Gasteiger partial charge in [-0.05, 0) is 96.4 Å². The summed E-state index contributed by atoms with van der Waals surface area (Å²) < 4.78 is 0. The zero-order valence-electron chi connectivity index (χ0n) is 19.6. The molecule has 3 nitrogen and oxygen atoms in total. The van der Waals surface area contributed by atoms with Gasteiger partial charge >= 0.3 is 0 Å². The van der Waals surface area contributed by atoms with Crippen molar-refractivity contribution in [3.05, 3.63) is 0 Å². The molecule has 0 unspecified atom stereocenters. The van der Waals surface area contributed by atoms with Gasteiger partial charge in [0, 0.05) is 30.2 Å².